The SMILES string of the molecule is O=C(CCOc1ccccc1)NCC1CCC(=O)N1. The Morgan fingerprint density at radius 1 is 1.37 bits per heavy atom. The standard InChI is InChI=1S/C14H18N2O3/c17-13(15-10-11-6-7-14(18)16-11)8-9-19-12-4-2-1-3-5-12/h1-5,11H,6-10H2,(H,15,17)(H,16,18). The van der Waals surface area contributed by atoms with Crippen LogP contribution >= 0.6 is 0 Å². The molecule has 1 saturated heterocycles. The first-order chi connectivity index (χ1) is 9.24. The van der Waals surface area contributed by atoms with Crippen LogP contribution in [0.4, 0.5) is 0 Å². The van der Waals surface area contributed by atoms with Crippen LogP contribution in [0, 0.1) is 0 Å². The zero-order valence-electron chi connectivity index (χ0n) is 10.7. The zero-order chi connectivity index (χ0) is 13.5. The summed E-state index contributed by atoms with van der Waals surface area (Å²) < 4.78 is 5.43. The van der Waals surface area contributed by atoms with E-state index in [2.05, 4.69) is 10.6 Å². The number of hydrogen-bond acceptors (Lipinski definition) is 3. The van der Waals surface area contributed by atoms with E-state index in [1.165, 1.54) is 0 Å². The van der Waals surface area contributed by atoms with Crippen molar-refractivity contribution in [2.45, 2.75) is 25.3 Å². The van der Waals surface area contributed by atoms with Crippen molar-refractivity contribution in [3.8, 4) is 5.75 Å². The van der Waals surface area contributed by atoms with Gasteiger partial charge in [0.05, 0.1) is 13.0 Å². The molecule has 5 heteroatoms. The first-order valence-electron chi connectivity index (χ1n) is 6.48. The molecule has 1 aliphatic heterocycles. The molecule has 1 aromatic carbocycles. The van der Waals surface area contributed by atoms with Crippen molar-refractivity contribution in [3.05, 3.63) is 30.3 Å². The number of ether oxygens (including phenoxy) is 1. The maximum atomic E-state index is 11.6. The van der Waals surface area contributed by atoms with E-state index in [1.54, 1.807) is 0 Å². The van der Waals surface area contributed by atoms with Gasteiger partial charge in [0.2, 0.25) is 11.8 Å². The summed E-state index contributed by atoms with van der Waals surface area (Å²) in [6.45, 7) is 0.850. The normalized spacial score (nSPS) is 17.9. The van der Waals surface area contributed by atoms with Crippen LogP contribution in [0.3, 0.4) is 0 Å². The molecule has 1 fully saturated rings. The molecule has 2 amide bonds. The number of hydrogen-bond donors (Lipinski definition) is 2. The molecule has 2 N–H and O–H groups in total. The fourth-order valence-corrected chi connectivity index (χ4v) is 1.93. The third-order valence-corrected chi connectivity index (χ3v) is 2.97. The molecule has 1 unspecified atom stereocenters. The summed E-state index contributed by atoms with van der Waals surface area (Å²) >= 11 is 0. The summed E-state index contributed by atoms with van der Waals surface area (Å²) in [4.78, 5) is 22.6. The number of carbonyl (C=O) groups is 2. The largest absolute Gasteiger partial charge is 0.493 e. The smallest absolute Gasteiger partial charge is 0.223 e. The molecule has 2 rings (SSSR count). The number of para-hydroxylation sites is 1. The fraction of sp³-hybridized carbons (Fsp3) is 0.429. The van der Waals surface area contributed by atoms with Gasteiger partial charge in [0.15, 0.2) is 0 Å². The van der Waals surface area contributed by atoms with Crippen LogP contribution < -0.4 is 15.4 Å². The van der Waals surface area contributed by atoms with Crippen molar-refractivity contribution < 1.29 is 14.3 Å². The lowest BCUT2D eigenvalue weighted by Crippen LogP contribution is -2.38. The second-order valence-electron chi connectivity index (χ2n) is 4.52. The van der Waals surface area contributed by atoms with Crippen LogP contribution in [0.2, 0.25) is 0 Å². The van der Waals surface area contributed by atoms with Gasteiger partial charge in [0.25, 0.3) is 0 Å². The van der Waals surface area contributed by atoms with E-state index in [4.69, 9.17) is 4.74 Å². The zero-order valence-corrected chi connectivity index (χ0v) is 10.7. The highest BCUT2D eigenvalue weighted by Gasteiger charge is 2.20. The molecular weight excluding hydrogens is 244 g/mol. The van der Waals surface area contributed by atoms with E-state index in [-0.39, 0.29) is 17.9 Å². The third kappa shape index (κ3) is 4.62. The minimum Gasteiger partial charge on any atom is -0.493 e. The average Bonchev–Trinajstić information content (AvgIpc) is 2.83. The lowest BCUT2D eigenvalue weighted by atomic mass is 10.2. The van der Waals surface area contributed by atoms with Crippen LogP contribution in [0.5, 0.6) is 5.75 Å². The number of rotatable bonds is 6. The third-order valence-electron chi connectivity index (χ3n) is 2.97. The summed E-state index contributed by atoms with van der Waals surface area (Å²) in [5.74, 6) is 0.766. The lowest BCUT2D eigenvalue weighted by Gasteiger charge is -2.11. The van der Waals surface area contributed by atoms with Gasteiger partial charge in [-0.1, -0.05) is 18.2 Å². The first-order valence-corrected chi connectivity index (χ1v) is 6.48. The number of benzene rings is 1. The summed E-state index contributed by atoms with van der Waals surface area (Å²) in [7, 11) is 0. The second kappa shape index (κ2) is 6.78. The van der Waals surface area contributed by atoms with Crippen molar-refractivity contribution >= 4 is 11.8 Å². The van der Waals surface area contributed by atoms with Crippen molar-refractivity contribution in [2.24, 2.45) is 0 Å². The quantitative estimate of drug-likeness (QED) is 0.798. The van der Waals surface area contributed by atoms with Gasteiger partial charge >= 0.3 is 0 Å². The Morgan fingerprint density at radius 3 is 2.84 bits per heavy atom. The van der Waals surface area contributed by atoms with Crippen LogP contribution in [0.25, 0.3) is 0 Å². The van der Waals surface area contributed by atoms with Gasteiger partial charge in [-0.3, -0.25) is 9.59 Å². The molecule has 0 spiro atoms. The summed E-state index contributed by atoms with van der Waals surface area (Å²) in [6.07, 6.45) is 1.66. The maximum Gasteiger partial charge on any atom is 0.223 e. The minimum absolute atomic E-state index is 0.0583. The van der Waals surface area contributed by atoms with Gasteiger partial charge in [-0.15, -0.1) is 0 Å². The van der Waals surface area contributed by atoms with Gasteiger partial charge < -0.3 is 15.4 Å². The highest BCUT2D eigenvalue weighted by molar-refractivity contribution is 5.79. The van der Waals surface area contributed by atoms with Crippen LogP contribution in [-0.4, -0.2) is 31.0 Å². The minimum atomic E-state index is -0.0583. The Balaban J connectivity index is 1.58. The Hall–Kier alpha value is -2.04. The average molecular weight is 262 g/mol. The van der Waals surface area contributed by atoms with Crippen LogP contribution in [0.1, 0.15) is 19.3 Å². The van der Waals surface area contributed by atoms with E-state index in [0.29, 0.717) is 26.0 Å². The highest BCUT2D eigenvalue weighted by atomic mass is 16.5. The first kappa shape index (κ1) is 13.4. The molecule has 1 aromatic rings. The van der Waals surface area contributed by atoms with Crippen molar-refractivity contribution in [3.63, 3.8) is 0 Å². The Bertz CT molecular complexity index is 434. The van der Waals surface area contributed by atoms with Gasteiger partial charge in [-0.2, -0.15) is 0 Å². The number of carbonyl (C=O) groups excluding carboxylic acids is 2. The Kier molecular flexibility index (Phi) is 4.78. The Labute approximate surface area is 112 Å². The predicted octanol–water partition coefficient (Wildman–Crippen LogP) is 0.850. The fourth-order valence-electron chi connectivity index (χ4n) is 1.93. The number of nitrogens with one attached hydrogen (secondary N) is 2. The maximum absolute atomic E-state index is 11.6. The van der Waals surface area contributed by atoms with Crippen molar-refractivity contribution in [2.75, 3.05) is 13.2 Å². The van der Waals surface area contributed by atoms with Gasteiger partial charge in [-0.05, 0) is 18.6 Å². The van der Waals surface area contributed by atoms with Crippen molar-refractivity contribution in [1.29, 1.82) is 0 Å². The molecule has 5 nitrogen and oxygen atoms in total. The molecule has 0 saturated carbocycles. The monoisotopic (exact) mass is 262 g/mol. The molecule has 0 bridgehead atoms. The predicted molar refractivity (Wildman–Crippen MR) is 70.7 cm³/mol. The van der Waals surface area contributed by atoms with E-state index >= 15 is 0 Å². The van der Waals surface area contributed by atoms with E-state index in [0.717, 1.165) is 12.2 Å². The molecule has 102 valence electrons. The van der Waals surface area contributed by atoms with Crippen LogP contribution in [0.15, 0.2) is 30.3 Å². The second-order valence-corrected chi connectivity index (χ2v) is 4.52. The summed E-state index contributed by atoms with van der Waals surface area (Å²) in [5, 5.41) is 5.60. The van der Waals surface area contributed by atoms with Gasteiger partial charge in [0.1, 0.15) is 5.75 Å². The molecule has 1 heterocycles. The Morgan fingerprint density at radius 2 is 2.16 bits per heavy atom. The van der Waals surface area contributed by atoms with Gasteiger partial charge in [-0.25, -0.2) is 0 Å². The number of amides is 2. The molecule has 0 radical (unpaired) electrons. The summed E-state index contributed by atoms with van der Waals surface area (Å²) in [5.41, 5.74) is 0. The lowest BCUT2D eigenvalue weighted by molar-refractivity contribution is -0.122. The molecule has 1 aliphatic rings. The molecule has 0 aromatic heterocycles. The molecule has 1 atom stereocenters. The van der Waals surface area contributed by atoms with Crippen LogP contribution in [-0.2, 0) is 9.59 Å². The topological polar surface area (TPSA) is 67.4 Å². The molecular formula is C14H18N2O3. The van der Waals surface area contributed by atoms with Crippen molar-refractivity contribution in [1.82, 2.24) is 10.6 Å². The van der Waals surface area contributed by atoms with Gasteiger partial charge in [0, 0.05) is 19.0 Å². The summed E-state index contributed by atoms with van der Waals surface area (Å²) in [6, 6.07) is 9.47. The molecule has 19 heavy (non-hydrogen) atoms. The van der Waals surface area contributed by atoms with E-state index < -0.39 is 0 Å². The van der Waals surface area contributed by atoms with E-state index in [9.17, 15) is 9.59 Å². The molecule has 0 aliphatic carbocycles. The van der Waals surface area contributed by atoms with E-state index in [1.807, 2.05) is 30.3 Å². The highest BCUT2D eigenvalue weighted by Crippen LogP contribution is 2.08.